The summed E-state index contributed by atoms with van der Waals surface area (Å²) in [6, 6.07) is 0. The van der Waals surface area contributed by atoms with Crippen molar-refractivity contribution in [2.75, 3.05) is 0 Å². The third kappa shape index (κ3) is 4.39. The average Bonchev–Trinajstić information content (AvgIpc) is 1.84. The molecular formula is C8H11I2Pd. The number of halogens is 2. The molecule has 0 aromatic heterocycles. The molecule has 11 heavy (non-hydrogen) atoms. The molecule has 0 nitrogen and oxygen atoms in total. The molecule has 0 aromatic carbocycles. The first-order valence-corrected chi connectivity index (χ1v) is 13.6. The van der Waals surface area contributed by atoms with Crippen LogP contribution in [0.2, 0.25) is 0 Å². The van der Waals surface area contributed by atoms with Gasteiger partial charge in [-0.2, -0.15) is 0 Å². The number of allylic oxidation sites excluding steroid dienone is 4. The Bertz CT molecular complexity index is 173. The first-order chi connectivity index (χ1) is 5.30. The Balaban J connectivity index is 2.50. The molecule has 0 bridgehead atoms. The summed E-state index contributed by atoms with van der Waals surface area (Å²) >= 11 is 5.21. The van der Waals surface area contributed by atoms with Crippen molar-refractivity contribution in [3.63, 3.8) is 0 Å². The van der Waals surface area contributed by atoms with E-state index in [1.165, 1.54) is 25.7 Å². The standard InChI is InChI=1S/C8H11.2HI.Pd/c1-2-4-6-8-7-5-3-1;;;/h1-2,7H,3-6H2;2*1H;/q;;;+2/p-2. The van der Waals surface area contributed by atoms with Crippen molar-refractivity contribution in [1.82, 2.24) is 0 Å². The molecule has 0 aromatic rings. The van der Waals surface area contributed by atoms with Gasteiger partial charge in [0.1, 0.15) is 0 Å². The van der Waals surface area contributed by atoms with Gasteiger partial charge in [-0.1, -0.05) is 0 Å². The quantitative estimate of drug-likeness (QED) is 0.306. The molecule has 1 aliphatic carbocycles. The van der Waals surface area contributed by atoms with E-state index in [2.05, 4.69) is 57.3 Å². The van der Waals surface area contributed by atoms with Crippen LogP contribution < -0.4 is 0 Å². The Morgan fingerprint density at radius 1 is 1.09 bits per heavy atom. The molecule has 3 heteroatoms. The second-order valence-corrected chi connectivity index (χ2v) is 20.0. The molecule has 0 aliphatic heterocycles. The summed E-state index contributed by atoms with van der Waals surface area (Å²) in [7, 11) is -0.338. The summed E-state index contributed by atoms with van der Waals surface area (Å²) in [4.78, 5) is 0. The Kier molecular flexibility index (Phi) is 5.94. The number of rotatable bonds is 1. The second-order valence-electron chi connectivity index (χ2n) is 2.36. The molecule has 0 saturated heterocycles. The van der Waals surface area contributed by atoms with Crippen LogP contribution >= 0.6 is 39.0 Å². The summed E-state index contributed by atoms with van der Waals surface area (Å²) in [6.45, 7) is 0. The molecule has 0 radical (unpaired) electrons. The fourth-order valence-electron chi connectivity index (χ4n) is 0.986. The molecule has 0 fully saturated rings. The molecule has 1 aliphatic rings. The first kappa shape index (κ1) is 10.7. The van der Waals surface area contributed by atoms with Crippen LogP contribution in [0.1, 0.15) is 25.7 Å². The molecule has 0 amide bonds. The summed E-state index contributed by atoms with van der Waals surface area (Å²) in [6.07, 6.45) is 12.2. The van der Waals surface area contributed by atoms with Gasteiger partial charge in [0, 0.05) is 0 Å². The summed E-state index contributed by atoms with van der Waals surface area (Å²) < 4.78 is 1.74. The molecule has 67 valence electrons. The van der Waals surface area contributed by atoms with E-state index in [0.29, 0.717) is 0 Å². The zero-order valence-corrected chi connectivity index (χ0v) is 12.0. The SMILES string of the molecule is [I][Pd]([I])[C]1=CCCC=CCC1. The average molecular weight is 467 g/mol. The summed E-state index contributed by atoms with van der Waals surface area (Å²) in [5.74, 6) is 0. The van der Waals surface area contributed by atoms with E-state index in [-0.39, 0.29) is 9.53 Å². The van der Waals surface area contributed by atoms with Crippen LogP contribution in [0.25, 0.3) is 0 Å². The van der Waals surface area contributed by atoms with E-state index in [9.17, 15) is 0 Å². The molecule has 0 unspecified atom stereocenters. The van der Waals surface area contributed by atoms with E-state index in [4.69, 9.17) is 0 Å². The maximum atomic E-state index is 2.60. The van der Waals surface area contributed by atoms with Crippen LogP contribution in [0, 0.1) is 0 Å². The van der Waals surface area contributed by atoms with Crippen LogP contribution in [-0.4, -0.2) is 0 Å². The van der Waals surface area contributed by atoms with Crippen LogP contribution in [0.15, 0.2) is 22.3 Å². The fraction of sp³-hybridized carbons (Fsp3) is 0.500. The third-order valence-electron chi connectivity index (χ3n) is 1.54. The second kappa shape index (κ2) is 6.12. The van der Waals surface area contributed by atoms with Gasteiger partial charge in [0.15, 0.2) is 0 Å². The van der Waals surface area contributed by atoms with Crippen LogP contribution in [-0.2, 0) is 9.53 Å². The Morgan fingerprint density at radius 2 is 1.82 bits per heavy atom. The fourth-order valence-corrected chi connectivity index (χ4v) is 5.63. The Hall–Kier alpha value is 1.60. The predicted molar refractivity (Wildman–Crippen MR) is 63.7 cm³/mol. The van der Waals surface area contributed by atoms with Crippen molar-refractivity contribution >= 4 is 39.0 Å². The summed E-state index contributed by atoms with van der Waals surface area (Å²) in [5, 5.41) is 0. The van der Waals surface area contributed by atoms with Crippen molar-refractivity contribution in [2.45, 2.75) is 25.7 Å². The van der Waals surface area contributed by atoms with Gasteiger partial charge in [0.2, 0.25) is 0 Å². The van der Waals surface area contributed by atoms with Gasteiger partial charge in [-0.3, -0.25) is 0 Å². The van der Waals surface area contributed by atoms with Gasteiger partial charge in [-0.25, -0.2) is 0 Å². The van der Waals surface area contributed by atoms with Crippen molar-refractivity contribution in [2.24, 2.45) is 0 Å². The number of hydrogen-bond acceptors (Lipinski definition) is 0. The molecule has 0 saturated carbocycles. The first-order valence-electron chi connectivity index (χ1n) is 3.60. The van der Waals surface area contributed by atoms with Crippen molar-refractivity contribution < 1.29 is 9.53 Å². The Labute approximate surface area is 95.1 Å². The van der Waals surface area contributed by atoms with Crippen molar-refractivity contribution in [3.05, 3.63) is 22.3 Å². The van der Waals surface area contributed by atoms with Crippen LogP contribution in [0.5, 0.6) is 0 Å². The molecule has 1 rings (SSSR count). The Morgan fingerprint density at radius 3 is 2.55 bits per heavy atom. The van der Waals surface area contributed by atoms with E-state index >= 15 is 0 Å². The van der Waals surface area contributed by atoms with Gasteiger partial charge in [0.25, 0.3) is 0 Å². The van der Waals surface area contributed by atoms with Crippen molar-refractivity contribution in [1.29, 1.82) is 0 Å². The third-order valence-corrected chi connectivity index (χ3v) is 8.19. The number of hydrogen-bond donors (Lipinski definition) is 0. The molecule has 0 spiro atoms. The maximum absolute atomic E-state index is 2.60. The molecule has 0 heterocycles. The zero-order valence-electron chi connectivity index (χ0n) is 6.13. The van der Waals surface area contributed by atoms with Gasteiger partial charge < -0.3 is 0 Å². The minimum atomic E-state index is -0.338. The van der Waals surface area contributed by atoms with Gasteiger partial charge in [-0.15, -0.1) is 0 Å². The van der Waals surface area contributed by atoms with E-state index in [0.717, 1.165) is 0 Å². The van der Waals surface area contributed by atoms with Crippen LogP contribution in [0.4, 0.5) is 0 Å². The predicted octanol–water partition coefficient (Wildman–Crippen LogP) is 4.32. The summed E-state index contributed by atoms with van der Waals surface area (Å²) in [5.41, 5.74) is 0. The molecule has 0 N–H and O–H groups in total. The molecular weight excluding hydrogens is 456 g/mol. The zero-order chi connectivity index (χ0) is 8.10. The van der Waals surface area contributed by atoms with Crippen molar-refractivity contribution in [3.8, 4) is 0 Å². The normalized spacial score (nSPS) is 20.2. The van der Waals surface area contributed by atoms with Gasteiger partial charge >= 0.3 is 96.5 Å². The van der Waals surface area contributed by atoms with E-state index in [1.807, 2.05) is 0 Å². The van der Waals surface area contributed by atoms with Gasteiger partial charge in [-0.05, 0) is 0 Å². The van der Waals surface area contributed by atoms with E-state index in [1.54, 1.807) is 4.05 Å². The topological polar surface area (TPSA) is 0 Å². The van der Waals surface area contributed by atoms with Gasteiger partial charge in [0.05, 0.1) is 0 Å². The molecule has 0 atom stereocenters. The minimum absolute atomic E-state index is 0.338. The monoisotopic (exact) mass is 467 g/mol. The van der Waals surface area contributed by atoms with Crippen LogP contribution in [0.3, 0.4) is 0 Å². The van der Waals surface area contributed by atoms with E-state index < -0.39 is 0 Å².